The lowest BCUT2D eigenvalue weighted by atomic mass is 9.75. The average molecular weight is 264 g/mol. The lowest BCUT2D eigenvalue weighted by Gasteiger charge is -2.31. The van der Waals surface area contributed by atoms with E-state index in [0.29, 0.717) is 17.8 Å². The van der Waals surface area contributed by atoms with Gasteiger partial charge in [0.25, 0.3) is 0 Å². The number of hydrogen-bond acceptors (Lipinski definition) is 2. The van der Waals surface area contributed by atoms with Gasteiger partial charge in [-0.2, -0.15) is 0 Å². The van der Waals surface area contributed by atoms with Crippen molar-refractivity contribution in [1.82, 2.24) is 5.32 Å². The van der Waals surface area contributed by atoms with Crippen LogP contribution in [0, 0.1) is 24.1 Å². The molecule has 1 unspecified atom stereocenters. The molecule has 2 rings (SSSR count). The Hall–Kier alpha value is -1.42. The van der Waals surface area contributed by atoms with Gasteiger partial charge in [-0.25, -0.2) is 4.39 Å². The topological polar surface area (TPSA) is 41.1 Å². The number of hydrogen-bond donors (Lipinski definition) is 2. The molecule has 0 saturated carbocycles. The maximum absolute atomic E-state index is 13.5. The van der Waals surface area contributed by atoms with Gasteiger partial charge in [0.15, 0.2) is 0 Å². The highest BCUT2D eigenvalue weighted by molar-refractivity contribution is 5.96. The van der Waals surface area contributed by atoms with E-state index in [4.69, 9.17) is 0 Å². The fraction of sp³-hybridized carbons (Fsp3) is 0.533. The molecule has 2 N–H and O–H groups in total. The first-order valence-electron chi connectivity index (χ1n) is 6.74. The van der Waals surface area contributed by atoms with Crippen molar-refractivity contribution in [2.75, 3.05) is 18.4 Å². The quantitative estimate of drug-likeness (QED) is 0.881. The molecule has 0 aliphatic carbocycles. The molecular formula is C15H21FN2O. The molecular weight excluding hydrogens is 243 g/mol. The Morgan fingerprint density at radius 3 is 2.79 bits per heavy atom. The number of carbonyl (C=O) groups is 1. The number of halogens is 1. The van der Waals surface area contributed by atoms with Crippen LogP contribution in [0.2, 0.25) is 0 Å². The van der Waals surface area contributed by atoms with E-state index >= 15 is 0 Å². The summed E-state index contributed by atoms with van der Waals surface area (Å²) in [6.45, 7) is 7.34. The lowest BCUT2D eigenvalue weighted by Crippen LogP contribution is -2.42. The predicted octanol–water partition coefficient (Wildman–Crippen LogP) is 2.71. The summed E-state index contributed by atoms with van der Waals surface area (Å²) < 4.78 is 13.5. The fourth-order valence-electron chi connectivity index (χ4n) is 2.65. The van der Waals surface area contributed by atoms with E-state index < -0.39 is 5.41 Å². The number of amides is 1. The van der Waals surface area contributed by atoms with E-state index in [1.165, 1.54) is 6.07 Å². The molecule has 1 amide bonds. The molecule has 0 bridgehead atoms. The molecule has 0 spiro atoms. The van der Waals surface area contributed by atoms with Crippen LogP contribution in [0.4, 0.5) is 10.1 Å². The summed E-state index contributed by atoms with van der Waals surface area (Å²) in [6.07, 6.45) is 0.824. The normalized spacial score (nSPS) is 22.8. The van der Waals surface area contributed by atoms with Crippen molar-refractivity contribution < 1.29 is 9.18 Å². The number of benzene rings is 1. The highest BCUT2D eigenvalue weighted by atomic mass is 19.1. The Labute approximate surface area is 113 Å². The van der Waals surface area contributed by atoms with Crippen molar-refractivity contribution in [2.24, 2.45) is 11.3 Å². The van der Waals surface area contributed by atoms with Crippen LogP contribution < -0.4 is 10.6 Å². The maximum Gasteiger partial charge on any atom is 0.232 e. The monoisotopic (exact) mass is 264 g/mol. The number of anilines is 1. The summed E-state index contributed by atoms with van der Waals surface area (Å²) in [7, 11) is 0. The van der Waals surface area contributed by atoms with Gasteiger partial charge in [0.1, 0.15) is 5.82 Å². The van der Waals surface area contributed by atoms with Crippen molar-refractivity contribution in [3.63, 3.8) is 0 Å². The Bertz CT molecular complexity index is 479. The first-order valence-corrected chi connectivity index (χ1v) is 6.74. The van der Waals surface area contributed by atoms with Gasteiger partial charge in [-0.05, 0) is 37.9 Å². The molecule has 1 aliphatic rings. The number of rotatable bonds is 3. The summed E-state index contributed by atoms with van der Waals surface area (Å²) >= 11 is 0. The third kappa shape index (κ3) is 2.50. The first-order chi connectivity index (χ1) is 8.97. The van der Waals surface area contributed by atoms with E-state index in [9.17, 15) is 9.18 Å². The largest absolute Gasteiger partial charge is 0.325 e. The van der Waals surface area contributed by atoms with Crippen molar-refractivity contribution in [2.45, 2.75) is 27.2 Å². The van der Waals surface area contributed by atoms with Gasteiger partial charge in [-0.3, -0.25) is 4.79 Å². The standard InChI is InChI=1S/C15H21FN2O/c1-10(2)15(7-8-17-9-15)14(19)18-13-6-4-5-12(16)11(13)3/h4-6,10,17H,7-9H2,1-3H3,(H,18,19). The number of nitrogens with one attached hydrogen (secondary N) is 2. The molecule has 1 aromatic rings. The van der Waals surface area contributed by atoms with Crippen molar-refractivity contribution >= 4 is 11.6 Å². The van der Waals surface area contributed by atoms with Gasteiger partial charge in [-0.15, -0.1) is 0 Å². The average Bonchev–Trinajstić information content (AvgIpc) is 2.85. The molecule has 1 aromatic carbocycles. The summed E-state index contributed by atoms with van der Waals surface area (Å²) in [5.74, 6) is -0.0569. The highest BCUT2D eigenvalue weighted by Crippen LogP contribution is 2.35. The molecule has 1 fully saturated rings. The zero-order valence-corrected chi connectivity index (χ0v) is 11.7. The second kappa shape index (κ2) is 5.29. The van der Waals surface area contributed by atoms with Crippen LogP contribution >= 0.6 is 0 Å². The highest BCUT2D eigenvalue weighted by Gasteiger charge is 2.43. The minimum atomic E-state index is -0.390. The van der Waals surface area contributed by atoms with Crippen molar-refractivity contribution in [3.8, 4) is 0 Å². The second-order valence-corrected chi connectivity index (χ2v) is 5.60. The molecule has 4 heteroatoms. The van der Waals surface area contributed by atoms with Gasteiger partial charge in [0.2, 0.25) is 5.91 Å². The summed E-state index contributed by atoms with van der Waals surface area (Å²) in [5, 5.41) is 6.15. The van der Waals surface area contributed by atoms with Crippen LogP contribution in [-0.2, 0) is 4.79 Å². The molecule has 104 valence electrons. The van der Waals surface area contributed by atoms with Gasteiger partial charge >= 0.3 is 0 Å². The van der Waals surface area contributed by atoms with Gasteiger partial charge in [0, 0.05) is 17.8 Å². The zero-order chi connectivity index (χ0) is 14.0. The van der Waals surface area contributed by atoms with E-state index in [-0.39, 0.29) is 17.6 Å². The Balaban J connectivity index is 2.23. The van der Waals surface area contributed by atoms with Crippen LogP contribution in [-0.4, -0.2) is 19.0 Å². The predicted molar refractivity (Wildman–Crippen MR) is 74.5 cm³/mol. The molecule has 3 nitrogen and oxygen atoms in total. The van der Waals surface area contributed by atoms with E-state index in [1.54, 1.807) is 19.1 Å². The molecule has 1 saturated heterocycles. The third-order valence-corrected chi connectivity index (χ3v) is 4.26. The summed E-state index contributed by atoms with van der Waals surface area (Å²) in [4.78, 5) is 12.6. The minimum absolute atomic E-state index is 0.0128. The fourth-order valence-corrected chi connectivity index (χ4v) is 2.65. The molecule has 1 aliphatic heterocycles. The molecule has 0 aromatic heterocycles. The van der Waals surface area contributed by atoms with E-state index in [2.05, 4.69) is 24.5 Å². The minimum Gasteiger partial charge on any atom is -0.325 e. The van der Waals surface area contributed by atoms with Crippen LogP contribution in [0.5, 0.6) is 0 Å². The smallest absolute Gasteiger partial charge is 0.232 e. The van der Waals surface area contributed by atoms with E-state index in [0.717, 1.165) is 13.0 Å². The van der Waals surface area contributed by atoms with E-state index in [1.807, 2.05) is 0 Å². The van der Waals surface area contributed by atoms with Crippen molar-refractivity contribution in [3.05, 3.63) is 29.6 Å². The molecule has 1 heterocycles. The Kier molecular flexibility index (Phi) is 3.90. The van der Waals surface area contributed by atoms with Crippen LogP contribution in [0.15, 0.2) is 18.2 Å². The Morgan fingerprint density at radius 2 is 2.21 bits per heavy atom. The Morgan fingerprint density at radius 1 is 1.47 bits per heavy atom. The van der Waals surface area contributed by atoms with Gasteiger partial charge < -0.3 is 10.6 Å². The molecule has 0 radical (unpaired) electrons. The number of carbonyl (C=O) groups excluding carboxylic acids is 1. The van der Waals surface area contributed by atoms with Gasteiger partial charge in [0.05, 0.1) is 5.41 Å². The first kappa shape index (κ1) is 14.0. The molecule has 19 heavy (non-hydrogen) atoms. The summed E-state index contributed by atoms with van der Waals surface area (Å²) in [6, 6.07) is 4.76. The zero-order valence-electron chi connectivity index (χ0n) is 11.7. The second-order valence-electron chi connectivity index (χ2n) is 5.60. The van der Waals surface area contributed by atoms with Crippen LogP contribution in [0.25, 0.3) is 0 Å². The molecule has 1 atom stereocenters. The van der Waals surface area contributed by atoms with Crippen molar-refractivity contribution in [1.29, 1.82) is 0 Å². The SMILES string of the molecule is Cc1c(F)cccc1NC(=O)C1(C(C)C)CCNC1. The maximum atomic E-state index is 13.5. The lowest BCUT2D eigenvalue weighted by molar-refractivity contribution is -0.126. The van der Waals surface area contributed by atoms with Crippen LogP contribution in [0.1, 0.15) is 25.8 Å². The third-order valence-electron chi connectivity index (χ3n) is 4.26. The van der Waals surface area contributed by atoms with Gasteiger partial charge in [-0.1, -0.05) is 19.9 Å². The summed E-state index contributed by atoms with van der Waals surface area (Å²) in [5.41, 5.74) is 0.663. The van der Waals surface area contributed by atoms with Crippen LogP contribution in [0.3, 0.4) is 0 Å².